The summed E-state index contributed by atoms with van der Waals surface area (Å²) in [5.41, 5.74) is 0.0206. The van der Waals surface area contributed by atoms with E-state index in [4.69, 9.17) is 0 Å². The Kier molecular flexibility index (Phi) is 3.70. The molecule has 0 saturated heterocycles. The zero-order valence-corrected chi connectivity index (χ0v) is 14.6. The summed E-state index contributed by atoms with van der Waals surface area (Å²) in [6.45, 7) is 0. The summed E-state index contributed by atoms with van der Waals surface area (Å²) >= 11 is 0. The van der Waals surface area contributed by atoms with E-state index in [0.717, 1.165) is 16.8 Å². The van der Waals surface area contributed by atoms with E-state index in [0.29, 0.717) is 17.5 Å². The number of nitrogens with zero attached hydrogens (tertiary/aromatic N) is 3. The number of aromatic nitrogens is 5. The predicted molar refractivity (Wildman–Crippen MR) is 96.1 cm³/mol. The smallest absolute Gasteiger partial charge is 0.313 e. The molecule has 10 heteroatoms. The minimum absolute atomic E-state index is 0.0472. The Morgan fingerprint density at radius 1 is 1.07 bits per heavy atom. The van der Waals surface area contributed by atoms with E-state index >= 15 is 0 Å². The molecule has 2 N–H and O–H groups in total. The van der Waals surface area contributed by atoms with Gasteiger partial charge in [-0.3, -0.25) is 9.78 Å². The first-order chi connectivity index (χ1) is 13.9. The zero-order chi connectivity index (χ0) is 20.3. The maximum Gasteiger partial charge on any atom is 0.325 e. The molecular weight excluding hydrogens is 387 g/mol. The molecular formula is C19H12F3N5O2. The van der Waals surface area contributed by atoms with Gasteiger partial charge in [0.25, 0.3) is 5.56 Å². The van der Waals surface area contributed by atoms with Crippen LogP contribution in [0.1, 0.15) is 29.4 Å². The minimum atomic E-state index is -0.728. The molecule has 0 radical (unpaired) electrons. The molecule has 1 saturated carbocycles. The number of aromatic amines is 2. The third-order valence-electron chi connectivity index (χ3n) is 5.10. The van der Waals surface area contributed by atoms with E-state index in [9.17, 15) is 22.8 Å². The van der Waals surface area contributed by atoms with Crippen molar-refractivity contribution >= 4 is 5.65 Å². The average molecular weight is 399 g/mol. The van der Waals surface area contributed by atoms with Gasteiger partial charge in [-0.25, -0.2) is 18.6 Å². The van der Waals surface area contributed by atoms with Gasteiger partial charge in [-0.1, -0.05) is 6.07 Å². The lowest BCUT2D eigenvalue weighted by Gasteiger charge is -2.08. The molecule has 1 fully saturated rings. The van der Waals surface area contributed by atoms with Gasteiger partial charge in [0.1, 0.15) is 11.6 Å². The van der Waals surface area contributed by atoms with Crippen LogP contribution in [0.5, 0.6) is 0 Å². The number of halogens is 3. The van der Waals surface area contributed by atoms with Crippen LogP contribution in [0.15, 0.2) is 46.2 Å². The fourth-order valence-electron chi connectivity index (χ4n) is 3.65. The Balaban J connectivity index is 1.64. The van der Waals surface area contributed by atoms with Crippen molar-refractivity contribution in [3.8, 4) is 11.3 Å². The summed E-state index contributed by atoms with van der Waals surface area (Å²) in [4.78, 5) is 31.9. The SMILES string of the molecule is O=c1[nH]cc(-c2cc([C@H]3C[C@@H]3c3ccc(F)cc3F)c3ncc(F)n3n2)c(=O)[nH]1. The average Bonchev–Trinajstić information content (AvgIpc) is 3.37. The number of rotatable bonds is 3. The largest absolute Gasteiger partial charge is 0.325 e. The first kappa shape index (κ1) is 17.4. The van der Waals surface area contributed by atoms with E-state index in [1.165, 1.54) is 18.3 Å². The number of hydrogen-bond donors (Lipinski definition) is 2. The summed E-state index contributed by atoms with van der Waals surface area (Å²) in [7, 11) is 0. The van der Waals surface area contributed by atoms with E-state index in [2.05, 4.69) is 20.1 Å². The Labute approximate surface area is 159 Å². The maximum absolute atomic E-state index is 14.2. The summed E-state index contributed by atoms with van der Waals surface area (Å²) in [5, 5.41) is 4.11. The predicted octanol–water partition coefficient (Wildman–Crippen LogP) is 2.46. The van der Waals surface area contributed by atoms with Gasteiger partial charge < -0.3 is 4.98 Å². The highest BCUT2D eigenvalue weighted by Crippen LogP contribution is 2.56. The maximum atomic E-state index is 14.2. The Morgan fingerprint density at radius 2 is 1.86 bits per heavy atom. The first-order valence-electron chi connectivity index (χ1n) is 8.74. The van der Waals surface area contributed by atoms with Crippen molar-refractivity contribution in [3.05, 3.63) is 86.2 Å². The van der Waals surface area contributed by atoms with Crippen molar-refractivity contribution < 1.29 is 13.2 Å². The van der Waals surface area contributed by atoms with Crippen LogP contribution < -0.4 is 11.2 Å². The van der Waals surface area contributed by atoms with Crippen molar-refractivity contribution in [1.29, 1.82) is 0 Å². The van der Waals surface area contributed by atoms with E-state index in [1.807, 2.05) is 0 Å². The number of nitrogens with one attached hydrogen (secondary N) is 2. The quantitative estimate of drug-likeness (QED) is 0.553. The highest BCUT2D eigenvalue weighted by atomic mass is 19.1. The van der Waals surface area contributed by atoms with E-state index in [-0.39, 0.29) is 28.7 Å². The van der Waals surface area contributed by atoms with Crippen LogP contribution in [0.4, 0.5) is 13.2 Å². The number of benzene rings is 1. The van der Waals surface area contributed by atoms with Crippen molar-refractivity contribution in [2.75, 3.05) is 0 Å². The van der Waals surface area contributed by atoms with Crippen LogP contribution in [0.2, 0.25) is 0 Å². The lowest BCUT2D eigenvalue weighted by Crippen LogP contribution is -2.23. The molecule has 0 amide bonds. The molecule has 1 aliphatic carbocycles. The van der Waals surface area contributed by atoms with Crippen LogP contribution in [0, 0.1) is 17.6 Å². The molecule has 3 heterocycles. The van der Waals surface area contributed by atoms with Gasteiger partial charge in [0.2, 0.25) is 5.95 Å². The Morgan fingerprint density at radius 3 is 2.62 bits per heavy atom. The van der Waals surface area contributed by atoms with Crippen LogP contribution in [-0.4, -0.2) is 24.6 Å². The van der Waals surface area contributed by atoms with Crippen molar-refractivity contribution in [2.45, 2.75) is 18.3 Å². The lowest BCUT2D eigenvalue weighted by molar-refractivity contribution is 0.549. The summed E-state index contributed by atoms with van der Waals surface area (Å²) in [5.74, 6) is -2.47. The molecule has 4 aromatic rings. The third kappa shape index (κ3) is 2.84. The zero-order valence-electron chi connectivity index (χ0n) is 14.6. The number of hydrogen-bond acceptors (Lipinski definition) is 4. The first-order valence-corrected chi connectivity index (χ1v) is 8.74. The van der Waals surface area contributed by atoms with E-state index in [1.54, 1.807) is 6.07 Å². The van der Waals surface area contributed by atoms with Crippen molar-refractivity contribution in [2.24, 2.45) is 0 Å². The highest BCUT2D eigenvalue weighted by molar-refractivity contribution is 5.63. The van der Waals surface area contributed by atoms with Gasteiger partial charge in [-0.15, -0.1) is 0 Å². The molecule has 0 bridgehead atoms. The summed E-state index contributed by atoms with van der Waals surface area (Å²) in [6, 6.07) is 4.99. The van der Waals surface area contributed by atoms with Gasteiger partial charge in [0, 0.05) is 17.8 Å². The second-order valence-corrected chi connectivity index (χ2v) is 6.90. The fourth-order valence-corrected chi connectivity index (χ4v) is 3.65. The Hall–Kier alpha value is -3.69. The molecule has 2 atom stereocenters. The van der Waals surface area contributed by atoms with Gasteiger partial charge in [-0.2, -0.15) is 14.0 Å². The van der Waals surface area contributed by atoms with Crippen LogP contribution in [-0.2, 0) is 0 Å². The molecule has 0 spiro atoms. The van der Waals surface area contributed by atoms with Gasteiger partial charge in [-0.05, 0) is 36.0 Å². The number of imidazole rings is 1. The topological polar surface area (TPSA) is 95.9 Å². The van der Waals surface area contributed by atoms with Crippen LogP contribution in [0.25, 0.3) is 16.9 Å². The van der Waals surface area contributed by atoms with Crippen molar-refractivity contribution in [1.82, 2.24) is 24.6 Å². The summed E-state index contributed by atoms with van der Waals surface area (Å²) < 4.78 is 42.5. The molecule has 7 nitrogen and oxygen atoms in total. The Bertz CT molecular complexity index is 1390. The second kappa shape index (κ2) is 6.16. The fraction of sp³-hybridized carbons (Fsp3) is 0.158. The second-order valence-electron chi connectivity index (χ2n) is 6.90. The van der Waals surface area contributed by atoms with E-state index < -0.39 is 28.8 Å². The highest BCUT2D eigenvalue weighted by Gasteiger charge is 2.43. The van der Waals surface area contributed by atoms with Gasteiger partial charge >= 0.3 is 5.69 Å². The number of fused-ring (bicyclic) bond motifs is 1. The van der Waals surface area contributed by atoms with Crippen molar-refractivity contribution in [3.63, 3.8) is 0 Å². The number of H-pyrrole nitrogens is 2. The molecule has 1 aliphatic rings. The molecule has 29 heavy (non-hydrogen) atoms. The van der Waals surface area contributed by atoms with Crippen LogP contribution >= 0.6 is 0 Å². The molecule has 5 rings (SSSR count). The monoisotopic (exact) mass is 399 g/mol. The molecule has 0 aliphatic heterocycles. The van der Waals surface area contributed by atoms with Gasteiger partial charge in [0.15, 0.2) is 5.65 Å². The standard InChI is InChI=1S/C19H12F3N5O2/c20-8-1-2-9(14(21)3-8)10-4-11(10)12-5-15(13-6-24-19(29)25-18(13)28)26-27-16(22)7-23-17(12)27/h1-3,5-7,10-11H,4H2,(H2,24,25,28,29)/t10-,11+/m1/s1. The summed E-state index contributed by atoms with van der Waals surface area (Å²) in [6.07, 6.45) is 2.75. The minimum Gasteiger partial charge on any atom is -0.313 e. The third-order valence-corrected chi connectivity index (χ3v) is 5.10. The van der Waals surface area contributed by atoms with Crippen LogP contribution in [0.3, 0.4) is 0 Å². The normalized spacial score (nSPS) is 18.3. The molecule has 146 valence electrons. The molecule has 0 unspecified atom stereocenters. The molecule has 3 aromatic heterocycles. The van der Waals surface area contributed by atoms with Gasteiger partial charge in [0.05, 0.1) is 17.5 Å². The molecule has 1 aromatic carbocycles. The lowest BCUT2D eigenvalue weighted by atomic mass is 10.0.